The Labute approximate surface area is 111 Å². The third-order valence-electron chi connectivity index (χ3n) is 3.04. The van der Waals surface area contributed by atoms with Crippen LogP contribution in [0.5, 0.6) is 0 Å². The van der Waals surface area contributed by atoms with E-state index in [4.69, 9.17) is 9.47 Å². The van der Waals surface area contributed by atoms with Crippen LogP contribution in [0.2, 0.25) is 0 Å². The number of esters is 1. The third-order valence-corrected chi connectivity index (χ3v) is 3.04. The first kappa shape index (κ1) is 13.5. The molecule has 0 atom stereocenters. The average molecular weight is 263 g/mol. The molecule has 1 N–H and O–H groups in total. The van der Waals surface area contributed by atoms with E-state index < -0.39 is 5.41 Å². The Balaban J connectivity index is 1.99. The van der Waals surface area contributed by atoms with Gasteiger partial charge in [0, 0.05) is 5.69 Å². The number of benzene rings is 1. The number of anilines is 1. The van der Waals surface area contributed by atoms with Gasteiger partial charge >= 0.3 is 5.97 Å². The predicted octanol–water partition coefficient (Wildman–Crippen LogP) is 1.84. The topological polar surface area (TPSA) is 64.6 Å². The number of rotatable bonds is 4. The molecule has 1 aliphatic rings. The summed E-state index contributed by atoms with van der Waals surface area (Å²) in [7, 11) is 0. The second-order valence-electron chi connectivity index (χ2n) is 4.81. The number of amides is 1. The quantitative estimate of drug-likeness (QED) is 0.842. The van der Waals surface area contributed by atoms with Crippen molar-refractivity contribution in [3.05, 3.63) is 29.8 Å². The molecule has 5 heteroatoms. The highest BCUT2D eigenvalue weighted by Crippen LogP contribution is 2.28. The zero-order valence-electron chi connectivity index (χ0n) is 11.1. The van der Waals surface area contributed by atoms with Crippen LogP contribution in [-0.4, -0.2) is 31.7 Å². The van der Waals surface area contributed by atoms with Crippen molar-refractivity contribution in [1.82, 2.24) is 0 Å². The summed E-state index contributed by atoms with van der Waals surface area (Å²) < 4.78 is 9.94. The molecule has 1 aliphatic heterocycles. The monoisotopic (exact) mass is 263 g/mol. The summed E-state index contributed by atoms with van der Waals surface area (Å²) in [5.41, 5.74) is 0.684. The van der Waals surface area contributed by atoms with E-state index in [1.807, 2.05) is 6.92 Å². The summed E-state index contributed by atoms with van der Waals surface area (Å²) in [6.07, 6.45) is 0. The molecule has 1 aromatic carbocycles. The molecular formula is C14H17NO4. The van der Waals surface area contributed by atoms with Gasteiger partial charge in [-0.05, 0) is 38.1 Å². The van der Waals surface area contributed by atoms with Crippen LogP contribution in [0.4, 0.5) is 5.69 Å². The van der Waals surface area contributed by atoms with E-state index in [0.29, 0.717) is 31.1 Å². The maximum atomic E-state index is 12.0. The van der Waals surface area contributed by atoms with Crippen LogP contribution in [0.15, 0.2) is 24.3 Å². The van der Waals surface area contributed by atoms with E-state index in [9.17, 15) is 9.59 Å². The number of nitrogens with one attached hydrogen (secondary N) is 1. The lowest BCUT2D eigenvalue weighted by Crippen LogP contribution is -2.49. The van der Waals surface area contributed by atoms with Crippen molar-refractivity contribution >= 4 is 17.6 Å². The fraction of sp³-hybridized carbons (Fsp3) is 0.429. The second-order valence-corrected chi connectivity index (χ2v) is 4.81. The molecule has 1 aromatic rings. The molecule has 0 bridgehead atoms. The lowest BCUT2D eigenvalue weighted by atomic mass is 9.87. The zero-order chi connectivity index (χ0) is 13.9. The first-order chi connectivity index (χ1) is 9.05. The van der Waals surface area contributed by atoms with Gasteiger partial charge in [-0.2, -0.15) is 0 Å². The van der Waals surface area contributed by atoms with Crippen molar-refractivity contribution in [3.63, 3.8) is 0 Å². The Bertz CT molecular complexity index is 477. The van der Waals surface area contributed by atoms with Gasteiger partial charge < -0.3 is 14.8 Å². The Hall–Kier alpha value is -1.88. The molecule has 5 nitrogen and oxygen atoms in total. The number of hydrogen-bond acceptors (Lipinski definition) is 4. The molecule has 0 unspecified atom stereocenters. The molecule has 1 heterocycles. The van der Waals surface area contributed by atoms with E-state index >= 15 is 0 Å². The van der Waals surface area contributed by atoms with Crippen molar-refractivity contribution in [2.45, 2.75) is 13.8 Å². The van der Waals surface area contributed by atoms with Gasteiger partial charge in [0.25, 0.3) is 0 Å². The van der Waals surface area contributed by atoms with Gasteiger partial charge in [0.2, 0.25) is 5.91 Å². The molecule has 102 valence electrons. The van der Waals surface area contributed by atoms with Crippen molar-refractivity contribution in [3.8, 4) is 0 Å². The Morgan fingerprint density at radius 3 is 2.42 bits per heavy atom. The molecule has 2 rings (SSSR count). The summed E-state index contributed by atoms with van der Waals surface area (Å²) in [5.74, 6) is -0.428. The Kier molecular flexibility index (Phi) is 3.85. The predicted molar refractivity (Wildman–Crippen MR) is 70.0 cm³/mol. The minimum absolute atomic E-state index is 0.0670. The molecule has 19 heavy (non-hydrogen) atoms. The number of ether oxygens (including phenoxy) is 2. The van der Waals surface area contributed by atoms with Gasteiger partial charge in [0.1, 0.15) is 0 Å². The second kappa shape index (κ2) is 5.40. The van der Waals surface area contributed by atoms with Crippen molar-refractivity contribution < 1.29 is 19.1 Å². The molecule has 1 saturated heterocycles. The molecule has 1 fully saturated rings. The fourth-order valence-corrected chi connectivity index (χ4v) is 1.73. The van der Waals surface area contributed by atoms with Crippen molar-refractivity contribution in [1.29, 1.82) is 0 Å². The Morgan fingerprint density at radius 1 is 1.32 bits per heavy atom. The summed E-state index contributed by atoms with van der Waals surface area (Å²) in [6.45, 7) is 4.85. The van der Waals surface area contributed by atoms with Crippen LogP contribution in [0.3, 0.4) is 0 Å². The van der Waals surface area contributed by atoms with E-state index in [2.05, 4.69) is 5.32 Å². The number of hydrogen-bond donors (Lipinski definition) is 1. The van der Waals surface area contributed by atoms with E-state index in [-0.39, 0.29) is 11.9 Å². The summed E-state index contributed by atoms with van der Waals surface area (Å²) in [5, 5.41) is 2.81. The van der Waals surface area contributed by atoms with E-state index in [1.54, 1.807) is 31.2 Å². The van der Waals surface area contributed by atoms with Gasteiger partial charge in [-0.15, -0.1) is 0 Å². The van der Waals surface area contributed by atoms with E-state index in [1.165, 1.54) is 0 Å². The average Bonchev–Trinajstić information content (AvgIpc) is 2.37. The van der Waals surface area contributed by atoms with Crippen molar-refractivity contribution in [2.24, 2.45) is 5.41 Å². The van der Waals surface area contributed by atoms with Crippen LogP contribution in [0.25, 0.3) is 0 Å². The highest BCUT2D eigenvalue weighted by Gasteiger charge is 2.41. The van der Waals surface area contributed by atoms with Crippen LogP contribution < -0.4 is 5.32 Å². The Morgan fingerprint density at radius 2 is 1.95 bits per heavy atom. The minimum atomic E-state index is -0.445. The van der Waals surface area contributed by atoms with Crippen LogP contribution in [0.1, 0.15) is 24.2 Å². The van der Waals surface area contributed by atoms with E-state index in [0.717, 1.165) is 0 Å². The van der Waals surface area contributed by atoms with Crippen molar-refractivity contribution in [2.75, 3.05) is 25.1 Å². The van der Waals surface area contributed by atoms with Gasteiger partial charge in [0.15, 0.2) is 0 Å². The highest BCUT2D eigenvalue weighted by molar-refractivity contribution is 5.96. The molecule has 0 aliphatic carbocycles. The van der Waals surface area contributed by atoms with Gasteiger partial charge in [0.05, 0.1) is 30.8 Å². The summed E-state index contributed by atoms with van der Waals surface area (Å²) in [4.78, 5) is 23.4. The normalized spacial score (nSPS) is 16.3. The van der Waals surface area contributed by atoms with Gasteiger partial charge in [-0.25, -0.2) is 4.79 Å². The lowest BCUT2D eigenvalue weighted by Gasteiger charge is -2.36. The fourth-order valence-electron chi connectivity index (χ4n) is 1.73. The number of carbonyl (C=O) groups is 2. The van der Waals surface area contributed by atoms with Crippen LogP contribution in [0, 0.1) is 5.41 Å². The minimum Gasteiger partial charge on any atom is -0.462 e. The lowest BCUT2D eigenvalue weighted by molar-refractivity contribution is -0.151. The molecule has 0 radical (unpaired) electrons. The molecule has 1 amide bonds. The number of carbonyl (C=O) groups excluding carboxylic acids is 2. The maximum absolute atomic E-state index is 12.0. The third kappa shape index (κ3) is 2.93. The smallest absolute Gasteiger partial charge is 0.338 e. The SMILES string of the molecule is CCOC(=O)c1ccc(NC(=O)C2(C)COC2)cc1. The molecule has 0 saturated carbocycles. The maximum Gasteiger partial charge on any atom is 0.338 e. The van der Waals surface area contributed by atoms with Gasteiger partial charge in [-0.3, -0.25) is 4.79 Å². The molecule has 0 spiro atoms. The summed E-state index contributed by atoms with van der Waals surface area (Å²) in [6, 6.07) is 6.64. The van der Waals surface area contributed by atoms with Crippen LogP contribution in [-0.2, 0) is 14.3 Å². The highest BCUT2D eigenvalue weighted by atomic mass is 16.5. The first-order valence-corrected chi connectivity index (χ1v) is 6.21. The zero-order valence-corrected chi connectivity index (χ0v) is 11.1. The molecule has 0 aromatic heterocycles. The van der Waals surface area contributed by atoms with Gasteiger partial charge in [-0.1, -0.05) is 0 Å². The largest absolute Gasteiger partial charge is 0.462 e. The van der Waals surface area contributed by atoms with Crippen LogP contribution >= 0.6 is 0 Å². The summed E-state index contributed by atoms with van der Waals surface area (Å²) >= 11 is 0. The first-order valence-electron chi connectivity index (χ1n) is 6.21. The standard InChI is InChI=1S/C14H17NO4/c1-3-19-12(16)10-4-6-11(7-5-10)15-13(17)14(2)8-18-9-14/h4-7H,3,8-9H2,1-2H3,(H,15,17). The molecular weight excluding hydrogens is 246 g/mol.